The predicted molar refractivity (Wildman–Crippen MR) is 121 cm³/mol. The molecule has 7 heteroatoms. The second-order valence-electron chi connectivity index (χ2n) is 7.47. The Hall–Kier alpha value is -3.87. The number of amides is 2. The highest BCUT2D eigenvalue weighted by Crippen LogP contribution is 2.24. The van der Waals surface area contributed by atoms with Crippen molar-refractivity contribution in [1.29, 1.82) is 0 Å². The van der Waals surface area contributed by atoms with Crippen LogP contribution in [-0.4, -0.2) is 36.4 Å². The topological polar surface area (TPSA) is 63.2 Å². The van der Waals surface area contributed by atoms with Crippen molar-refractivity contribution in [3.8, 4) is 5.75 Å². The van der Waals surface area contributed by atoms with Gasteiger partial charge in [0.05, 0.1) is 25.1 Å². The van der Waals surface area contributed by atoms with Gasteiger partial charge in [0, 0.05) is 13.0 Å². The number of rotatable bonds is 7. The minimum atomic E-state index is -0.321. The van der Waals surface area contributed by atoms with Gasteiger partial charge in [-0.2, -0.15) is 0 Å². The van der Waals surface area contributed by atoms with Crippen molar-refractivity contribution in [2.24, 2.45) is 5.16 Å². The fourth-order valence-corrected chi connectivity index (χ4v) is 3.54. The number of nitrogens with one attached hydrogen (secondary N) is 1. The zero-order valence-corrected chi connectivity index (χ0v) is 17.7. The molecular formula is C25H24FN3O3. The zero-order valence-electron chi connectivity index (χ0n) is 17.7. The molecule has 2 amide bonds. The number of oxime groups is 1. The number of hydrogen-bond donors (Lipinski definition) is 1. The summed E-state index contributed by atoms with van der Waals surface area (Å²) in [6.45, 7) is 0.611. The lowest BCUT2D eigenvalue weighted by Crippen LogP contribution is -2.40. The van der Waals surface area contributed by atoms with Crippen molar-refractivity contribution >= 4 is 17.4 Å². The van der Waals surface area contributed by atoms with Crippen LogP contribution in [0.4, 0.5) is 14.9 Å². The number of carbonyl (C=O) groups is 1. The number of hydrogen-bond acceptors (Lipinski definition) is 4. The number of carbonyl (C=O) groups excluding carboxylic acids is 1. The van der Waals surface area contributed by atoms with Crippen molar-refractivity contribution < 1.29 is 18.8 Å². The standard InChI is InChI=1S/C25H24FN3O3/c1-31-24-10-6-5-9-22(24)27-25(30)29(16-18-11-13-20(26)14-12-18)17-21-15-23(28-32-21)19-7-3-2-4-8-19/h2-14,21H,15-17H2,1H3,(H,27,30). The average Bonchev–Trinajstić information content (AvgIpc) is 3.29. The molecule has 0 aliphatic carbocycles. The number of halogens is 1. The van der Waals surface area contributed by atoms with Crippen LogP contribution in [0.15, 0.2) is 84.0 Å². The zero-order chi connectivity index (χ0) is 22.3. The van der Waals surface area contributed by atoms with Gasteiger partial charge in [0.1, 0.15) is 11.6 Å². The molecule has 3 aromatic carbocycles. The van der Waals surface area contributed by atoms with E-state index in [1.54, 1.807) is 36.3 Å². The highest BCUT2D eigenvalue weighted by Gasteiger charge is 2.27. The quantitative estimate of drug-likeness (QED) is 0.566. The van der Waals surface area contributed by atoms with Gasteiger partial charge in [-0.3, -0.25) is 0 Å². The van der Waals surface area contributed by atoms with E-state index < -0.39 is 0 Å². The average molecular weight is 433 g/mol. The van der Waals surface area contributed by atoms with Gasteiger partial charge in [0.2, 0.25) is 0 Å². The molecule has 0 saturated carbocycles. The Morgan fingerprint density at radius 3 is 2.56 bits per heavy atom. The minimum Gasteiger partial charge on any atom is -0.495 e. The number of methoxy groups -OCH3 is 1. The summed E-state index contributed by atoms with van der Waals surface area (Å²) in [7, 11) is 1.55. The van der Waals surface area contributed by atoms with Gasteiger partial charge in [-0.05, 0) is 35.4 Å². The summed E-state index contributed by atoms with van der Waals surface area (Å²) in [6.07, 6.45) is 0.306. The SMILES string of the molecule is COc1ccccc1NC(=O)N(Cc1ccc(F)cc1)CC1CC(c2ccccc2)=NO1. The first-order chi connectivity index (χ1) is 15.6. The molecule has 4 rings (SSSR count). The first-order valence-electron chi connectivity index (χ1n) is 10.3. The summed E-state index contributed by atoms with van der Waals surface area (Å²) in [4.78, 5) is 20.5. The van der Waals surface area contributed by atoms with E-state index >= 15 is 0 Å². The minimum absolute atomic E-state index is 0.283. The Morgan fingerprint density at radius 2 is 1.81 bits per heavy atom. The van der Waals surface area contributed by atoms with E-state index in [-0.39, 0.29) is 18.0 Å². The number of benzene rings is 3. The largest absolute Gasteiger partial charge is 0.495 e. The molecule has 0 radical (unpaired) electrons. The summed E-state index contributed by atoms with van der Waals surface area (Å²) in [5, 5.41) is 7.12. The van der Waals surface area contributed by atoms with Gasteiger partial charge in [0.25, 0.3) is 0 Å². The third-order valence-corrected chi connectivity index (χ3v) is 5.19. The Balaban J connectivity index is 1.48. The molecule has 1 aliphatic heterocycles. The van der Waals surface area contributed by atoms with Crippen LogP contribution in [0, 0.1) is 5.82 Å². The number of nitrogens with zero attached hydrogens (tertiary/aromatic N) is 2. The van der Waals surface area contributed by atoms with Crippen LogP contribution in [-0.2, 0) is 11.4 Å². The molecule has 6 nitrogen and oxygen atoms in total. The number of ether oxygens (including phenoxy) is 1. The van der Waals surface area contributed by atoms with E-state index in [1.807, 2.05) is 42.5 Å². The summed E-state index contributed by atoms with van der Waals surface area (Å²) in [6, 6.07) is 22.8. The molecule has 164 valence electrons. The monoisotopic (exact) mass is 433 g/mol. The lowest BCUT2D eigenvalue weighted by atomic mass is 10.0. The van der Waals surface area contributed by atoms with Crippen molar-refractivity contribution in [2.45, 2.75) is 19.1 Å². The van der Waals surface area contributed by atoms with Crippen LogP contribution in [0.25, 0.3) is 0 Å². The van der Waals surface area contributed by atoms with Gasteiger partial charge in [-0.15, -0.1) is 0 Å². The summed E-state index contributed by atoms with van der Waals surface area (Å²) >= 11 is 0. The van der Waals surface area contributed by atoms with Gasteiger partial charge in [-0.1, -0.05) is 59.8 Å². The molecule has 0 aromatic heterocycles. The van der Waals surface area contributed by atoms with Crippen molar-refractivity contribution in [2.75, 3.05) is 19.0 Å². The molecule has 0 spiro atoms. The molecule has 0 fully saturated rings. The van der Waals surface area contributed by atoms with Gasteiger partial charge >= 0.3 is 6.03 Å². The van der Waals surface area contributed by atoms with E-state index in [2.05, 4.69) is 10.5 Å². The first-order valence-corrected chi connectivity index (χ1v) is 10.3. The highest BCUT2D eigenvalue weighted by molar-refractivity contribution is 6.01. The molecule has 1 aliphatic rings. The molecule has 32 heavy (non-hydrogen) atoms. The molecule has 1 N–H and O–H groups in total. The van der Waals surface area contributed by atoms with Crippen LogP contribution in [0.1, 0.15) is 17.5 Å². The van der Waals surface area contributed by atoms with E-state index in [1.165, 1.54) is 12.1 Å². The van der Waals surface area contributed by atoms with Gasteiger partial charge in [0.15, 0.2) is 6.10 Å². The smallest absolute Gasteiger partial charge is 0.322 e. The van der Waals surface area contributed by atoms with Crippen LogP contribution in [0.3, 0.4) is 0 Å². The second kappa shape index (κ2) is 9.96. The Morgan fingerprint density at radius 1 is 1.09 bits per heavy atom. The van der Waals surface area contributed by atoms with E-state index in [9.17, 15) is 9.18 Å². The normalized spacial score (nSPS) is 14.9. The summed E-state index contributed by atoms with van der Waals surface area (Å²) in [5.41, 5.74) is 3.22. The van der Waals surface area contributed by atoms with Crippen molar-refractivity contribution in [3.05, 3.63) is 95.8 Å². The summed E-state index contributed by atoms with van der Waals surface area (Å²) in [5.74, 6) is 0.244. The van der Waals surface area contributed by atoms with E-state index in [4.69, 9.17) is 9.57 Å². The number of para-hydroxylation sites is 2. The molecule has 1 unspecified atom stereocenters. The molecule has 3 aromatic rings. The number of urea groups is 1. The number of anilines is 1. The maximum absolute atomic E-state index is 13.3. The van der Waals surface area contributed by atoms with E-state index in [0.29, 0.717) is 30.9 Å². The van der Waals surface area contributed by atoms with Crippen molar-refractivity contribution in [3.63, 3.8) is 0 Å². The third-order valence-electron chi connectivity index (χ3n) is 5.19. The fourth-order valence-electron chi connectivity index (χ4n) is 3.54. The molecule has 0 saturated heterocycles. The van der Waals surface area contributed by atoms with Crippen LogP contribution < -0.4 is 10.1 Å². The lowest BCUT2D eigenvalue weighted by molar-refractivity contribution is 0.0608. The predicted octanol–water partition coefficient (Wildman–Crippen LogP) is 5.06. The molecule has 0 bridgehead atoms. The van der Waals surface area contributed by atoms with Gasteiger partial charge < -0.3 is 19.8 Å². The maximum atomic E-state index is 13.3. The first kappa shape index (κ1) is 21.4. The summed E-state index contributed by atoms with van der Waals surface area (Å²) < 4.78 is 18.7. The van der Waals surface area contributed by atoms with E-state index in [0.717, 1.165) is 16.8 Å². The Bertz CT molecular complexity index is 1090. The van der Waals surface area contributed by atoms with Crippen LogP contribution in [0.2, 0.25) is 0 Å². The molecular weight excluding hydrogens is 409 g/mol. The highest BCUT2D eigenvalue weighted by atomic mass is 19.1. The lowest BCUT2D eigenvalue weighted by Gasteiger charge is -2.25. The fraction of sp³-hybridized carbons (Fsp3) is 0.200. The maximum Gasteiger partial charge on any atom is 0.322 e. The van der Waals surface area contributed by atoms with Gasteiger partial charge in [-0.25, -0.2) is 9.18 Å². The van der Waals surface area contributed by atoms with Crippen molar-refractivity contribution in [1.82, 2.24) is 4.90 Å². The van der Waals surface area contributed by atoms with Crippen LogP contribution >= 0.6 is 0 Å². The van der Waals surface area contributed by atoms with Crippen LogP contribution in [0.5, 0.6) is 5.75 Å². The Kier molecular flexibility index (Phi) is 6.65. The Labute approximate surface area is 186 Å². The molecule has 1 heterocycles. The molecule has 1 atom stereocenters. The second-order valence-corrected chi connectivity index (χ2v) is 7.47. The third kappa shape index (κ3) is 5.24.